The molecular weight excluding hydrogens is 430 g/mol. The van der Waals surface area contributed by atoms with E-state index in [-0.39, 0.29) is 25.5 Å². The molecule has 33 heavy (non-hydrogen) atoms. The first kappa shape index (κ1) is 28.0. The van der Waals surface area contributed by atoms with Gasteiger partial charge in [-0.25, -0.2) is 15.5 Å². The zero-order valence-corrected chi connectivity index (χ0v) is 20.2. The van der Waals surface area contributed by atoms with Gasteiger partial charge in [0.05, 0.1) is 6.04 Å². The molecule has 186 valence electrons. The van der Waals surface area contributed by atoms with Crippen LogP contribution in [0.2, 0.25) is 0 Å². The molecule has 0 heterocycles. The van der Waals surface area contributed by atoms with Crippen molar-refractivity contribution in [3.63, 3.8) is 0 Å². The molecule has 1 aromatic carbocycles. The molecule has 0 aliphatic rings. The summed E-state index contributed by atoms with van der Waals surface area (Å²) >= 11 is 0. The molecule has 0 aliphatic heterocycles. The van der Waals surface area contributed by atoms with E-state index >= 15 is 0 Å². The monoisotopic (exact) mass is 467 g/mol. The molecule has 0 unspecified atom stereocenters. The Morgan fingerprint density at radius 2 is 1.39 bits per heavy atom. The number of amides is 2. The Balaban J connectivity index is 2.75. The van der Waals surface area contributed by atoms with Gasteiger partial charge < -0.3 is 35.0 Å². The number of nitrogens with one attached hydrogen (secondary N) is 4. The van der Waals surface area contributed by atoms with Gasteiger partial charge in [-0.1, -0.05) is 0 Å². The van der Waals surface area contributed by atoms with E-state index in [1.165, 1.54) is 0 Å². The number of ether oxygens (including phenoxy) is 3. The standard InChI is InChI=1S/C22H37N5O6/c1-21(2,3)32-19(28)25-13-16(14-26-20(29)33-22(4,5)6)27-18(23)15-7-9-17(10-8-15)30-11-12-31-24/h7-10,16H,11-14,24H2,1-6H3,(H2,23,27)(H,25,28)(H,26,29). The first-order chi connectivity index (χ1) is 15.3. The summed E-state index contributed by atoms with van der Waals surface area (Å²) in [5.41, 5.74) is -0.694. The summed E-state index contributed by atoms with van der Waals surface area (Å²) in [7, 11) is 0. The van der Waals surface area contributed by atoms with Crippen molar-refractivity contribution in [2.75, 3.05) is 26.3 Å². The summed E-state index contributed by atoms with van der Waals surface area (Å²) in [4.78, 5) is 28.5. The summed E-state index contributed by atoms with van der Waals surface area (Å²) < 4.78 is 15.9. The highest BCUT2D eigenvalue weighted by atomic mass is 16.6. The lowest BCUT2D eigenvalue weighted by atomic mass is 10.1. The van der Waals surface area contributed by atoms with Crippen LogP contribution in [0.15, 0.2) is 24.3 Å². The van der Waals surface area contributed by atoms with Gasteiger partial charge in [0, 0.05) is 18.7 Å². The third kappa shape index (κ3) is 13.2. The number of carbonyl (C=O) groups excluding carboxylic acids is 2. The van der Waals surface area contributed by atoms with Crippen molar-refractivity contribution >= 4 is 18.0 Å². The van der Waals surface area contributed by atoms with Crippen LogP contribution in [0.25, 0.3) is 0 Å². The van der Waals surface area contributed by atoms with Crippen molar-refractivity contribution in [2.24, 2.45) is 5.90 Å². The summed E-state index contributed by atoms with van der Waals surface area (Å²) in [5, 5.41) is 16.7. The molecule has 0 bridgehead atoms. The van der Waals surface area contributed by atoms with E-state index in [0.717, 1.165) is 0 Å². The third-order valence-corrected chi connectivity index (χ3v) is 3.74. The van der Waals surface area contributed by atoms with Crippen LogP contribution in [-0.2, 0) is 14.3 Å². The summed E-state index contributed by atoms with van der Waals surface area (Å²) in [5.74, 6) is 5.68. The van der Waals surface area contributed by atoms with E-state index in [9.17, 15) is 9.59 Å². The zero-order valence-electron chi connectivity index (χ0n) is 20.2. The minimum Gasteiger partial charge on any atom is -0.491 e. The number of alkyl carbamates (subject to hydrolysis) is 2. The maximum absolute atomic E-state index is 12.0. The first-order valence-corrected chi connectivity index (χ1v) is 10.6. The molecule has 0 saturated carbocycles. The van der Waals surface area contributed by atoms with Crippen molar-refractivity contribution in [1.82, 2.24) is 16.0 Å². The molecule has 0 spiro atoms. The molecule has 1 aromatic rings. The highest BCUT2D eigenvalue weighted by Gasteiger charge is 2.20. The van der Waals surface area contributed by atoms with Crippen LogP contribution < -0.4 is 26.6 Å². The summed E-state index contributed by atoms with van der Waals surface area (Å²) in [6.07, 6.45) is -1.19. The fourth-order valence-electron chi connectivity index (χ4n) is 2.43. The van der Waals surface area contributed by atoms with Gasteiger partial charge in [-0.15, -0.1) is 0 Å². The van der Waals surface area contributed by atoms with Crippen LogP contribution in [0, 0.1) is 5.41 Å². The Kier molecular flexibility index (Phi) is 10.9. The second kappa shape index (κ2) is 12.9. The van der Waals surface area contributed by atoms with Crippen LogP contribution in [0.3, 0.4) is 0 Å². The zero-order chi connectivity index (χ0) is 25.1. The van der Waals surface area contributed by atoms with Gasteiger partial charge >= 0.3 is 12.2 Å². The molecule has 0 saturated heterocycles. The fourth-order valence-corrected chi connectivity index (χ4v) is 2.43. The molecule has 0 fully saturated rings. The van der Waals surface area contributed by atoms with Gasteiger partial charge in [-0.2, -0.15) is 0 Å². The smallest absolute Gasteiger partial charge is 0.407 e. The van der Waals surface area contributed by atoms with E-state index in [2.05, 4.69) is 20.8 Å². The van der Waals surface area contributed by atoms with Crippen LogP contribution in [0.1, 0.15) is 47.1 Å². The quantitative estimate of drug-likeness (QED) is 0.152. The molecule has 11 heteroatoms. The number of carbonyl (C=O) groups is 2. The maximum atomic E-state index is 12.0. The van der Waals surface area contributed by atoms with Crippen molar-refractivity contribution in [1.29, 1.82) is 5.41 Å². The minimum atomic E-state index is -0.644. The van der Waals surface area contributed by atoms with Crippen LogP contribution >= 0.6 is 0 Å². The molecular formula is C22H37N5O6. The van der Waals surface area contributed by atoms with Gasteiger partial charge in [-0.3, -0.25) is 5.41 Å². The number of rotatable bonds is 10. The first-order valence-electron chi connectivity index (χ1n) is 10.6. The lowest BCUT2D eigenvalue weighted by molar-refractivity contribution is 0.0517. The molecule has 0 atom stereocenters. The number of benzene rings is 1. The molecule has 6 N–H and O–H groups in total. The molecule has 0 aliphatic carbocycles. The lowest BCUT2D eigenvalue weighted by Crippen LogP contribution is -2.51. The highest BCUT2D eigenvalue weighted by molar-refractivity contribution is 5.96. The normalized spacial score (nSPS) is 11.5. The van der Waals surface area contributed by atoms with E-state index in [1.807, 2.05) is 0 Å². The Morgan fingerprint density at radius 3 is 1.82 bits per heavy atom. The number of amidine groups is 1. The summed E-state index contributed by atoms with van der Waals surface area (Å²) in [6, 6.07) is 6.36. The Labute approximate surface area is 195 Å². The molecule has 0 radical (unpaired) electrons. The Bertz CT molecular complexity index is 739. The highest BCUT2D eigenvalue weighted by Crippen LogP contribution is 2.12. The van der Waals surface area contributed by atoms with Crippen molar-refractivity contribution in [3.8, 4) is 5.75 Å². The minimum absolute atomic E-state index is 0.105. The fraction of sp³-hybridized carbons (Fsp3) is 0.591. The topological polar surface area (TPSA) is 157 Å². The average molecular weight is 468 g/mol. The van der Waals surface area contributed by atoms with Crippen LogP contribution in [-0.4, -0.2) is 61.6 Å². The van der Waals surface area contributed by atoms with E-state index in [4.69, 9.17) is 25.5 Å². The van der Waals surface area contributed by atoms with Gasteiger partial charge in [0.25, 0.3) is 0 Å². The van der Waals surface area contributed by atoms with Gasteiger partial charge in [0.2, 0.25) is 0 Å². The lowest BCUT2D eigenvalue weighted by Gasteiger charge is -2.25. The summed E-state index contributed by atoms with van der Waals surface area (Å²) in [6.45, 7) is 11.3. The van der Waals surface area contributed by atoms with E-state index < -0.39 is 29.4 Å². The number of hydrogen-bond acceptors (Lipinski definition) is 8. The van der Waals surface area contributed by atoms with Crippen LogP contribution in [0.5, 0.6) is 5.75 Å². The maximum Gasteiger partial charge on any atom is 0.407 e. The number of hydrogen-bond donors (Lipinski definition) is 5. The predicted molar refractivity (Wildman–Crippen MR) is 124 cm³/mol. The molecule has 1 rings (SSSR count). The van der Waals surface area contributed by atoms with Gasteiger partial charge in [-0.05, 0) is 65.8 Å². The second-order valence-electron chi connectivity index (χ2n) is 9.23. The molecule has 0 aromatic heterocycles. The molecule has 2 amide bonds. The Morgan fingerprint density at radius 1 is 0.909 bits per heavy atom. The Hall–Kier alpha value is -3.05. The van der Waals surface area contributed by atoms with Crippen molar-refractivity contribution in [3.05, 3.63) is 29.8 Å². The second-order valence-corrected chi connectivity index (χ2v) is 9.23. The third-order valence-electron chi connectivity index (χ3n) is 3.74. The van der Waals surface area contributed by atoms with Gasteiger partial charge in [0.1, 0.15) is 36.0 Å². The van der Waals surface area contributed by atoms with Crippen LogP contribution in [0.4, 0.5) is 9.59 Å². The van der Waals surface area contributed by atoms with Gasteiger partial charge in [0.15, 0.2) is 0 Å². The predicted octanol–water partition coefficient (Wildman–Crippen LogP) is 2.29. The average Bonchev–Trinajstić information content (AvgIpc) is 2.68. The van der Waals surface area contributed by atoms with Crippen molar-refractivity contribution in [2.45, 2.75) is 58.8 Å². The SMILES string of the molecule is CC(C)(C)OC(=O)NCC(CNC(=O)OC(C)(C)C)NC(=N)c1ccc(OCCON)cc1. The largest absolute Gasteiger partial charge is 0.491 e. The number of nitrogens with two attached hydrogens (primary N) is 1. The van der Waals surface area contributed by atoms with Crippen molar-refractivity contribution < 1.29 is 28.6 Å². The molecule has 11 nitrogen and oxygen atoms in total. The van der Waals surface area contributed by atoms with E-state index in [0.29, 0.717) is 17.9 Å². The van der Waals surface area contributed by atoms with E-state index in [1.54, 1.807) is 65.8 Å².